The van der Waals surface area contributed by atoms with Crippen LogP contribution >= 0.6 is 20.0 Å². The molecule has 0 heterocycles. The summed E-state index contributed by atoms with van der Waals surface area (Å²) in [5, 5.41) is 7.99. The molecule has 0 aliphatic rings. The van der Waals surface area contributed by atoms with Gasteiger partial charge in [-0.05, 0) is 0 Å². The summed E-state index contributed by atoms with van der Waals surface area (Å²) in [6.45, 7) is 13.2. The van der Waals surface area contributed by atoms with Crippen LogP contribution in [0.15, 0.2) is 0 Å². The third kappa shape index (κ3) is 32.1. The van der Waals surface area contributed by atoms with Gasteiger partial charge in [0.1, 0.15) is 0 Å². The molecule has 0 bridgehead atoms. The molecule has 0 rings (SSSR count). The average molecular weight is 463 g/mol. The van der Waals surface area contributed by atoms with Crippen LogP contribution in [0.4, 0.5) is 0 Å². The summed E-state index contributed by atoms with van der Waals surface area (Å²) in [6, 6.07) is 0. The number of hydrogen-bond donors (Lipinski definition) is 0. The van der Waals surface area contributed by atoms with Gasteiger partial charge in [-0.3, -0.25) is 0 Å². The maximum atomic E-state index is 5.82. The fraction of sp³-hybridized carbons (Fsp3) is 1.00. The van der Waals surface area contributed by atoms with E-state index in [-0.39, 0.29) is 0 Å². The zero-order valence-corrected chi connectivity index (χ0v) is 20.3. The fourth-order valence-corrected chi connectivity index (χ4v) is 3.90. The first-order chi connectivity index (χ1) is 8.03. The first-order valence-electron chi connectivity index (χ1n) is 6.74. The minimum atomic E-state index is -0.907. The van der Waals surface area contributed by atoms with E-state index in [1.807, 2.05) is 0 Å². The second-order valence-electron chi connectivity index (χ2n) is 3.41. The maximum absolute atomic E-state index is 5.82. The van der Waals surface area contributed by atoms with E-state index in [1.165, 1.54) is 31.5 Å². The Morgan fingerprint density at radius 3 is 0.882 bits per heavy atom. The van der Waals surface area contributed by atoms with Crippen LogP contribution in [0.2, 0.25) is 31.5 Å². The molecular weight excluding hydrogens is 433 g/mol. The van der Waals surface area contributed by atoms with Crippen LogP contribution in [0.25, 0.3) is 0 Å². The molecule has 0 aliphatic heterocycles. The summed E-state index contributed by atoms with van der Waals surface area (Å²) in [4.78, 5) is 0. The molecule has 0 aromatic carbocycles. The molecule has 0 amide bonds. The standard InChI is InChI=1S/2C4H10ClGe.C4H10Ge/c2*1-3-6(5)4-2;1-3-5-4-2/h2*3-4H2,1-2H3;3-4H2,1-2H3. The van der Waals surface area contributed by atoms with Crippen LogP contribution in [-0.4, -0.2) is 42.3 Å². The Morgan fingerprint density at radius 1 is 0.647 bits per heavy atom. The predicted molar refractivity (Wildman–Crippen MR) is 91.9 cm³/mol. The average Bonchev–Trinajstić information content (AvgIpc) is 2.39. The summed E-state index contributed by atoms with van der Waals surface area (Å²) in [6.07, 6.45) is 0. The SMILES string of the molecule is C[CH2][Ge]([Cl])[CH2]C.C[CH2][Ge]([Cl])[CH2]C.C[CH2][Ge][CH2]C. The molecule has 0 saturated carbocycles. The van der Waals surface area contributed by atoms with Crippen molar-refractivity contribution < 1.29 is 0 Å². The Kier molecular flexibility index (Phi) is 33.2. The van der Waals surface area contributed by atoms with Crippen molar-refractivity contribution in [3.63, 3.8) is 0 Å². The molecule has 0 N–H and O–H groups in total. The van der Waals surface area contributed by atoms with Crippen LogP contribution in [0, 0.1) is 0 Å². The van der Waals surface area contributed by atoms with Crippen LogP contribution in [0.3, 0.4) is 0 Å². The van der Waals surface area contributed by atoms with Gasteiger partial charge in [-0.2, -0.15) is 0 Å². The monoisotopic (exact) mass is 466 g/mol. The Labute approximate surface area is 134 Å². The van der Waals surface area contributed by atoms with Crippen molar-refractivity contribution in [1.29, 1.82) is 0 Å². The third-order valence-electron chi connectivity index (χ3n) is 2.03. The van der Waals surface area contributed by atoms with Crippen LogP contribution in [-0.2, 0) is 0 Å². The number of rotatable bonds is 6. The predicted octanol–water partition coefficient (Wildman–Crippen LogP) is 6.08. The molecule has 0 aliphatic carbocycles. The topological polar surface area (TPSA) is 0 Å². The molecule has 104 valence electrons. The number of halogens is 2. The molecule has 0 fully saturated rings. The van der Waals surface area contributed by atoms with E-state index < -0.39 is 26.8 Å². The molecule has 0 atom stereocenters. The van der Waals surface area contributed by atoms with Gasteiger partial charge in [0.15, 0.2) is 0 Å². The minimum absolute atomic E-state index is 0.528. The quantitative estimate of drug-likeness (QED) is 0.419. The Morgan fingerprint density at radius 2 is 0.882 bits per heavy atom. The summed E-state index contributed by atoms with van der Waals surface area (Å²) in [7, 11) is 11.6. The molecule has 0 spiro atoms. The van der Waals surface area contributed by atoms with Gasteiger partial charge in [0.2, 0.25) is 0 Å². The summed E-state index contributed by atoms with van der Waals surface area (Å²) < 4.78 is 0. The van der Waals surface area contributed by atoms with Gasteiger partial charge in [-0.25, -0.2) is 0 Å². The molecule has 0 aromatic rings. The second-order valence-corrected chi connectivity index (χ2v) is 23.3. The summed E-state index contributed by atoms with van der Waals surface area (Å²) in [5.74, 6) is 0. The molecular formula is C12H30Cl2Ge3. The molecule has 17 heavy (non-hydrogen) atoms. The Bertz CT molecular complexity index is 95.9. The van der Waals surface area contributed by atoms with E-state index in [2.05, 4.69) is 41.5 Å². The van der Waals surface area contributed by atoms with Crippen molar-refractivity contribution >= 4 is 62.3 Å². The van der Waals surface area contributed by atoms with Crippen molar-refractivity contribution in [2.24, 2.45) is 0 Å². The molecule has 0 aromatic heterocycles. The van der Waals surface area contributed by atoms with Crippen LogP contribution < -0.4 is 0 Å². The fourth-order valence-electron chi connectivity index (χ4n) is 0.750. The van der Waals surface area contributed by atoms with Crippen molar-refractivity contribution in [1.82, 2.24) is 0 Å². The zero-order chi connectivity index (χ0) is 14.1. The third-order valence-corrected chi connectivity index (χ3v) is 16.1. The van der Waals surface area contributed by atoms with E-state index in [0.717, 1.165) is 0 Å². The van der Waals surface area contributed by atoms with E-state index in [9.17, 15) is 0 Å². The van der Waals surface area contributed by atoms with Gasteiger partial charge in [0, 0.05) is 0 Å². The van der Waals surface area contributed by atoms with Crippen molar-refractivity contribution in [3.05, 3.63) is 0 Å². The normalized spacial score (nSPS) is 9.53. The van der Waals surface area contributed by atoms with Gasteiger partial charge in [0.05, 0.1) is 0 Å². The molecule has 0 unspecified atom stereocenters. The van der Waals surface area contributed by atoms with E-state index in [4.69, 9.17) is 20.0 Å². The molecule has 0 nitrogen and oxygen atoms in total. The van der Waals surface area contributed by atoms with Crippen LogP contribution in [0.5, 0.6) is 0 Å². The summed E-state index contributed by atoms with van der Waals surface area (Å²) >= 11 is -1.29. The number of hydrogen-bond acceptors (Lipinski definition) is 0. The van der Waals surface area contributed by atoms with Crippen LogP contribution in [0.1, 0.15) is 41.5 Å². The van der Waals surface area contributed by atoms with E-state index in [0.29, 0.717) is 15.4 Å². The van der Waals surface area contributed by atoms with Gasteiger partial charge < -0.3 is 0 Å². The molecule has 5 heteroatoms. The molecule has 4 radical (unpaired) electrons. The Balaban J connectivity index is -0.000000174. The van der Waals surface area contributed by atoms with Gasteiger partial charge in [-0.15, -0.1) is 0 Å². The Hall–Kier alpha value is 2.21. The van der Waals surface area contributed by atoms with Crippen molar-refractivity contribution in [2.45, 2.75) is 73.1 Å². The van der Waals surface area contributed by atoms with Crippen molar-refractivity contribution in [3.8, 4) is 0 Å². The zero-order valence-electron chi connectivity index (χ0n) is 12.5. The van der Waals surface area contributed by atoms with E-state index in [1.54, 1.807) is 0 Å². The van der Waals surface area contributed by atoms with Crippen molar-refractivity contribution in [2.75, 3.05) is 0 Å². The van der Waals surface area contributed by atoms with Gasteiger partial charge in [0.25, 0.3) is 0 Å². The second kappa shape index (κ2) is 23.3. The first-order valence-corrected chi connectivity index (χ1v) is 21.2. The van der Waals surface area contributed by atoms with Gasteiger partial charge >= 0.3 is 135 Å². The van der Waals surface area contributed by atoms with Gasteiger partial charge in [-0.1, -0.05) is 0 Å². The summed E-state index contributed by atoms with van der Waals surface area (Å²) in [5.41, 5.74) is 0. The van der Waals surface area contributed by atoms with E-state index >= 15 is 0 Å². The first kappa shape index (κ1) is 24.2. The molecule has 0 saturated heterocycles.